The highest BCUT2D eigenvalue weighted by Crippen LogP contribution is 2.60. The minimum absolute atomic E-state index is 0.00331. The summed E-state index contributed by atoms with van der Waals surface area (Å²) in [6.45, 7) is 9.74. The standard InChI is InChI=1S/C31H32O10/c1-11-8-16(14(4)32)23(34)17(22(11)33)9-15-13(3)18-19-20(24(15)35)25(36)27(40-7)26(37)21(19)28(38)31(39)29(18)41-10-12(2)30(31,5)6/h8,12,33-34,36-37,39H,9-10H2,1-7H3. The van der Waals surface area contributed by atoms with Crippen molar-refractivity contribution >= 4 is 22.9 Å². The molecule has 1 aliphatic heterocycles. The summed E-state index contributed by atoms with van der Waals surface area (Å²) in [5, 5.41) is 56.3. The summed E-state index contributed by atoms with van der Waals surface area (Å²) in [5.41, 5.74) is -3.63. The number of fused-ring (bicyclic) bond motifs is 1. The van der Waals surface area contributed by atoms with Crippen LogP contribution in [0.5, 0.6) is 28.7 Å². The molecule has 1 saturated heterocycles. The zero-order valence-corrected chi connectivity index (χ0v) is 23.8. The Bertz CT molecular complexity index is 1670. The van der Waals surface area contributed by atoms with E-state index in [-0.39, 0.29) is 75.0 Å². The molecule has 10 nitrogen and oxygen atoms in total. The fourth-order valence-corrected chi connectivity index (χ4v) is 6.22. The van der Waals surface area contributed by atoms with E-state index >= 15 is 0 Å². The molecule has 1 fully saturated rings. The van der Waals surface area contributed by atoms with Crippen molar-refractivity contribution in [2.75, 3.05) is 13.7 Å². The number of methoxy groups -OCH3 is 1. The van der Waals surface area contributed by atoms with Gasteiger partial charge in [0.1, 0.15) is 17.3 Å². The van der Waals surface area contributed by atoms with Crippen LogP contribution >= 0.6 is 0 Å². The van der Waals surface area contributed by atoms with Crippen molar-refractivity contribution in [3.8, 4) is 28.7 Å². The van der Waals surface area contributed by atoms with Gasteiger partial charge in [-0.05, 0) is 43.9 Å². The first-order valence-corrected chi connectivity index (χ1v) is 13.1. The van der Waals surface area contributed by atoms with Gasteiger partial charge in [0.05, 0.1) is 30.4 Å². The number of hydrogen-bond donors (Lipinski definition) is 5. The number of aliphatic hydroxyl groups is 1. The van der Waals surface area contributed by atoms with Crippen LogP contribution in [0.3, 0.4) is 0 Å². The van der Waals surface area contributed by atoms with Crippen LogP contribution in [0.1, 0.15) is 82.4 Å². The van der Waals surface area contributed by atoms with Gasteiger partial charge in [-0.2, -0.15) is 0 Å². The lowest BCUT2D eigenvalue weighted by atomic mass is 9.57. The van der Waals surface area contributed by atoms with Crippen LogP contribution in [-0.2, 0) is 11.2 Å². The second-order valence-corrected chi connectivity index (χ2v) is 11.6. The maximum absolute atomic E-state index is 14.1. The Kier molecular flexibility index (Phi) is 6.09. The van der Waals surface area contributed by atoms with Crippen molar-refractivity contribution in [1.29, 1.82) is 0 Å². The summed E-state index contributed by atoms with van der Waals surface area (Å²) in [5.74, 6) is -5.31. The number of carbonyl (C=O) groups excluding carboxylic acids is 3. The number of carbonyl (C=O) groups is 3. The maximum atomic E-state index is 14.1. The second-order valence-electron chi connectivity index (χ2n) is 11.6. The molecule has 2 atom stereocenters. The number of phenolic OH excluding ortho intramolecular Hbond substituents is 4. The molecule has 0 radical (unpaired) electrons. The molecule has 1 heterocycles. The number of benzene rings is 2. The fraction of sp³-hybridized carbons (Fsp3) is 0.387. The molecule has 0 saturated carbocycles. The molecule has 2 unspecified atom stereocenters. The highest BCUT2D eigenvalue weighted by molar-refractivity contribution is 6.26. The first kappa shape index (κ1) is 28.2. The highest BCUT2D eigenvalue weighted by Gasteiger charge is 2.64. The van der Waals surface area contributed by atoms with Crippen LogP contribution in [0.2, 0.25) is 0 Å². The predicted molar refractivity (Wildman–Crippen MR) is 147 cm³/mol. The van der Waals surface area contributed by atoms with Crippen LogP contribution in [0.4, 0.5) is 0 Å². The lowest BCUT2D eigenvalue weighted by Gasteiger charge is -2.52. The molecular weight excluding hydrogens is 532 g/mol. The van der Waals surface area contributed by atoms with E-state index in [0.717, 1.165) is 7.11 Å². The van der Waals surface area contributed by atoms with E-state index in [1.54, 1.807) is 27.7 Å². The quantitative estimate of drug-likeness (QED) is 0.340. The number of phenols is 4. The lowest BCUT2D eigenvalue weighted by molar-refractivity contribution is -0.120. The predicted octanol–water partition coefficient (Wildman–Crippen LogP) is 4.12. The summed E-state index contributed by atoms with van der Waals surface area (Å²) in [4.78, 5) is 40.4. The number of aromatic hydroxyl groups is 4. The van der Waals surface area contributed by atoms with Gasteiger partial charge in [0.2, 0.25) is 11.5 Å². The number of ether oxygens (including phenoxy) is 2. The van der Waals surface area contributed by atoms with Crippen LogP contribution in [0.25, 0.3) is 5.57 Å². The number of allylic oxidation sites excluding steroid dienone is 3. The van der Waals surface area contributed by atoms with Crippen molar-refractivity contribution in [3.63, 3.8) is 0 Å². The summed E-state index contributed by atoms with van der Waals surface area (Å²) in [6.07, 6.45) is -0.370. The Morgan fingerprint density at radius 3 is 2.22 bits per heavy atom. The topological polar surface area (TPSA) is 171 Å². The molecule has 5 rings (SSSR count). The second kappa shape index (κ2) is 8.84. The van der Waals surface area contributed by atoms with E-state index in [1.807, 2.05) is 6.92 Å². The zero-order valence-electron chi connectivity index (χ0n) is 23.8. The normalized spacial score (nSPS) is 22.8. The maximum Gasteiger partial charge on any atom is 0.207 e. The molecule has 5 N–H and O–H groups in total. The first-order chi connectivity index (χ1) is 19.0. The van der Waals surface area contributed by atoms with Gasteiger partial charge in [-0.15, -0.1) is 0 Å². The van der Waals surface area contributed by atoms with E-state index in [1.165, 1.54) is 13.0 Å². The van der Waals surface area contributed by atoms with Crippen LogP contribution in [0.15, 0.2) is 23.0 Å². The molecular formula is C31H32O10. The largest absolute Gasteiger partial charge is 0.507 e. The van der Waals surface area contributed by atoms with Crippen molar-refractivity contribution in [2.24, 2.45) is 11.3 Å². The van der Waals surface area contributed by atoms with Gasteiger partial charge in [0, 0.05) is 34.1 Å². The van der Waals surface area contributed by atoms with Gasteiger partial charge in [-0.3, -0.25) is 14.4 Å². The molecule has 0 aromatic heterocycles. The Morgan fingerprint density at radius 1 is 1.02 bits per heavy atom. The Hall–Kier alpha value is -4.31. The molecule has 2 aliphatic carbocycles. The minimum atomic E-state index is -2.26. The van der Waals surface area contributed by atoms with Gasteiger partial charge >= 0.3 is 0 Å². The third-order valence-corrected chi connectivity index (χ3v) is 9.23. The van der Waals surface area contributed by atoms with Gasteiger partial charge in [-0.1, -0.05) is 20.8 Å². The fourth-order valence-electron chi connectivity index (χ4n) is 6.22. The van der Waals surface area contributed by atoms with Crippen molar-refractivity contribution in [3.05, 3.63) is 56.4 Å². The molecule has 41 heavy (non-hydrogen) atoms. The third kappa shape index (κ3) is 3.37. The minimum Gasteiger partial charge on any atom is -0.507 e. The van der Waals surface area contributed by atoms with Gasteiger partial charge in [0.15, 0.2) is 28.7 Å². The van der Waals surface area contributed by atoms with E-state index < -0.39 is 51.4 Å². The molecule has 3 aliphatic rings. The highest BCUT2D eigenvalue weighted by atomic mass is 16.5. The van der Waals surface area contributed by atoms with E-state index in [0.29, 0.717) is 5.56 Å². The summed E-state index contributed by atoms with van der Waals surface area (Å²) in [7, 11) is 1.15. The molecule has 2 aromatic rings. The third-order valence-electron chi connectivity index (χ3n) is 9.23. The number of aryl methyl sites for hydroxylation is 1. The smallest absolute Gasteiger partial charge is 0.207 e. The SMILES string of the molecule is COc1c(O)c2c3c(c1O)C(=O)C1(O)C(=C3C(C)=C(Cc3c(O)c(C)cc(C(C)=O)c3O)C2=O)OCC(C)C1(C)C. The number of hydrogen-bond acceptors (Lipinski definition) is 10. The summed E-state index contributed by atoms with van der Waals surface area (Å²) in [6, 6.07) is 1.35. The van der Waals surface area contributed by atoms with Crippen LogP contribution < -0.4 is 4.74 Å². The van der Waals surface area contributed by atoms with Crippen molar-refractivity contribution in [1.82, 2.24) is 0 Å². The van der Waals surface area contributed by atoms with Gasteiger partial charge in [0.25, 0.3) is 0 Å². The number of ketones is 3. The van der Waals surface area contributed by atoms with Gasteiger partial charge < -0.3 is 35.0 Å². The molecule has 216 valence electrons. The first-order valence-electron chi connectivity index (χ1n) is 13.1. The van der Waals surface area contributed by atoms with Crippen LogP contribution in [0, 0.1) is 18.3 Å². The van der Waals surface area contributed by atoms with Crippen LogP contribution in [-0.4, -0.2) is 62.2 Å². The monoisotopic (exact) mass is 564 g/mol. The number of Topliss-reactive ketones (excluding diaryl/α,β-unsaturated/α-hetero) is 3. The average molecular weight is 565 g/mol. The molecule has 0 bridgehead atoms. The van der Waals surface area contributed by atoms with Crippen molar-refractivity contribution in [2.45, 2.75) is 53.6 Å². The summed E-state index contributed by atoms with van der Waals surface area (Å²) < 4.78 is 11.2. The van der Waals surface area contributed by atoms with Crippen molar-refractivity contribution < 1.29 is 49.4 Å². The Morgan fingerprint density at radius 2 is 1.63 bits per heavy atom. The average Bonchev–Trinajstić information content (AvgIpc) is 2.89. The summed E-state index contributed by atoms with van der Waals surface area (Å²) >= 11 is 0. The Labute approximate surface area is 236 Å². The van der Waals surface area contributed by atoms with E-state index in [9.17, 15) is 39.9 Å². The number of rotatable bonds is 4. The molecule has 0 amide bonds. The molecule has 2 aromatic carbocycles. The van der Waals surface area contributed by atoms with E-state index in [2.05, 4.69) is 0 Å². The molecule has 0 spiro atoms. The molecule has 10 heteroatoms. The van der Waals surface area contributed by atoms with Gasteiger partial charge in [-0.25, -0.2) is 0 Å². The zero-order chi connectivity index (χ0) is 30.5. The Balaban J connectivity index is 1.91. The lowest BCUT2D eigenvalue weighted by Crippen LogP contribution is -2.61. The van der Waals surface area contributed by atoms with E-state index in [4.69, 9.17) is 9.47 Å².